The summed E-state index contributed by atoms with van der Waals surface area (Å²) in [7, 11) is 0. The van der Waals surface area contributed by atoms with E-state index in [4.69, 9.17) is 4.98 Å². The normalized spacial score (nSPS) is 11.7. The molecule has 9 rings (SSSR count). The lowest BCUT2D eigenvalue weighted by atomic mass is 9.98. The Morgan fingerprint density at radius 3 is 1.56 bits per heavy atom. The predicted molar refractivity (Wildman–Crippen MR) is 189 cm³/mol. The van der Waals surface area contributed by atoms with Crippen molar-refractivity contribution in [1.82, 2.24) is 14.1 Å². The van der Waals surface area contributed by atoms with Gasteiger partial charge in [-0.2, -0.15) is 0 Å². The van der Waals surface area contributed by atoms with Crippen LogP contribution in [0, 0.1) is 6.92 Å². The average Bonchev–Trinajstić information content (AvgIpc) is 3.63. The molecule has 0 saturated carbocycles. The van der Waals surface area contributed by atoms with Gasteiger partial charge in [0, 0.05) is 38.4 Å². The maximum atomic E-state index is 5.49. The summed E-state index contributed by atoms with van der Waals surface area (Å²) in [4.78, 5) is 5.49. The van der Waals surface area contributed by atoms with Crippen molar-refractivity contribution in [3.8, 4) is 33.9 Å². The van der Waals surface area contributed by atoms with Gasteiger partial charge < -0.3 is 4.57 Å². The molecule has 45 heavy (non-hydrogen) atoms. The highest BCUT2D eigenvalue weighted by Gasteiger charge is 2.23. The van der Waals surface area contributed by atoms with Gasteiger partial charge in [0.25, 0.3) is 0 Å². The monoisotopic (exact) mass is 575 g/mol. The first-order valence-electron chi connectivity index (χ1n) is 15.4. The fraction of sp³-hybridized carbons (Fsp3) is 0.0238. The molecule has 0 amide bonds. The summed E-state index contributed by atoms with van der Waals surface area (Å²) < 4.78 is 4.84. The van der Waals surface area contributed by atoms with Crippen LogP contribution in [0.15, 0.2) is 158 Å². The van der Waals surface area contributed by atoms with Crippen LogP contribution in [0.25, 0.3) is 77.5 Å². The van der Waals surface area contributed by atoms with Crippen LogP contribution in [0.5, 0.6) is 0 Å². The molecule has 0 atom stereocenters. The van der Waals surface area contributed by atoms with Crippen molar-refractivity contribution in [2.24, 2.45) is 0 Å². The minimum Gasteiger partial charge on any atom is -0.307 e. The van der Waals surface area contributed by atoms with E-state index in [-0.39, 0.29) is 0 Å². The van der Waals surface area contributed by atoms with Crippen LogP contribution >= 0.6 is 0 Å². The Balaban J connectivity index is 1.50. The summed E-state index contributed by atoms with van der Waals surface area (Å²) in [6.07, 6.45) is 0. The standard InChI is InChI=1S/C42H29N3/c1-28-36(29-15-5-2-6-16-29)27-37(30-17-7-3-8-18-30)43-42(28)45-39-24-14-12-22-33(39)35-26-25-34-32-21-11-13-23-38(32)44(40(34)41(35)45)31-19-9-4-10-20-31/h2-27H,1H3. The quantitative estimate of drug-likeness (QED) is 0.205. The Kier molecular flexibility index (Phi) is 5.72. The SMILES string of the molecule is Cc1c(-c2ccccc2)cc(-c2ccccc2)nc1-n1c2ccccc2c2ccc3c4ccccc4n(-c4ccccc4)c3c21. The summed E-state index contributed by atoms with van der Waals surface area (Å²) in [5.41, 5.74) is 11.4. The van der Waals surface area contributed by atoms with Crippen LogP contribution in [-0.4, -0.2) is 14.1 Å². The number of nitrogens with zero attached hydrogens (tertiary/aromatic N) is 3. The van der Waals surface area contributed by atoms with E-state index in [9.17, 15) is 0 Å². The molecule has 3 nitrogen and oxygen atoms in total. The lowest BCUT2D eigenvalue weighted by Gasteiger charge is -2.18. The van der Waals surface area contributed by atoms with Crippen molar-refractivity contribution in [3.63, 3.8) is 0 Å². The molecule has 0 aliphatic heterocycles. The molecular formula is C42H29N3. The molecule has 0 bridgehead atoms. The summed E-state index contributed by atoms with van der Waals surface area (Å²) in [5, 5.41) is 4.89. The number of fused-ring (bicyclic) bond motifs is 7. The van der Waals surface area contributed by atoms with E-state index in [1.165, 1.54) is 43.7 Å². The molecule has 6 aromatic carbocycles. The molecule has 0 saturated heterocycles. The zero-order chi connectivity index (χ0) is 29.9. The van der Waals surface area contributed by atoms with Gasteiger partial charge in [-0.15, -0.1) is 0 Å². The van der Waals surface area contributed by atoms with Gasteiger partial charge in [-0.05, 0) is 48.4 Å². The van der Waals surface area contributed by atoms with Gasteiger partial charge in [0.1, 0.15) is 5.82 Å². The largest absolute Gasteiger partial charge is 0.307 e. The van der Waals surface area contributed by atoms with Gasteiger partial charge in [-0.3, -0.25) is 4.57 Å². The number of aromatic nitrogens is 3. The first-order chi connectivity index (χ1) is 22.3. The maximum absolute atomic E-state index is 5.49. The van der Waals surface area contributed by atoms with Crippen molar-refractivity contribution in [1.29, 1.82) is 0 Å². The number of hydrogen-bond donors (Lipinski definition) is 0. The summed E-state index contributed by atoms with van der Waals surface area (Å²) in [5.74, 6) is 0.943. The smallest absolute Gasteiger partial charge is 0.141 e. The van der Waals surface area contributed by atoms with E-state index in [1.807, 2.05) is 0 Å². The first-order valence-corrected chi connectivity index (χ1v) is 15.4. The molecule has 3 aromatic heterocycles. The van der Waals surface area contributed by atoms with Crippen molar-refractivity contribution in [3.05, 3.63) is 163 Å². The Morgan fingerprint density at radius 1 is 0.444 bits per heavy atom. The van der Waals surface area contributed by atoms with E-state index >= 15 is 0 Å². The molecule has 0 spiro atoms. The van der Waals surface area contributed by atoms with Crippen molar-refractivity contribution in [2.75, 3.05) is 0 Å². The van der Waals surface area contributed by atoms with E-state index in [2.05, 4.69) is 174 Å². The third-order valence-electron chi connectivity index (χ3n) is 9.10. The predicted octanol–water partition coefficient (Wildman–Crippen LogP) is 10.9. The van der Waals surface area contributed by atoms with E-state index in [1.54, 1.807) is 0 Å². The summed E-state index contributed by atoms with van der Waals surface area (Å²) >= 11 is 0. The average molecular weight is 576 g/mol. The molecule has 0 aliphatic rings. The van der Waals surface area contributed by atoms with E-state index in [0.717, 1.165) is 39.4 Å². The van der Waals surface area contributed by atoms with Crippen LogP contribution in [0.4, 0.5) is 0 Å². The molecule has 0 N–H and O–H groups in total. The number of pyridine rings is 1. The Hall–Kier alpha value is -5.93. The highest BCUT2D eigenvalue weighted by atomic mass is 15.1. The fourth-order valence-electron chi connectivity index (χ4n) is 7.05. The molecular weight excluding hydrogens is 546 g/mol. The van der Waals surface area contributed by atoms with Gasteiger partial charge in [0.15, 0.2) is 0 Å². The van der Waals surface area contributed by atoms with Crippen LogP contribution < -0.4 is 0 Å². The third-order valence-corrected chi connectivity index (χ3v) is 9.10. The van der Waals surface area contributed by atoms with Gasteiger partial charge in [0.2, 0.25) is 0 Å². The van der Waals surface area contributed by atoms with Crippen molar-refractivity contribution < 1.29 is 0 Å². The van der Waals surface area contributed by atoms with Gasteiger partial charge in [-0.1, -0.05) is 127 Å². The van der Waals surface area contributed by atoms with Crippen molar-refractivity contribution in [2.45, 2.75) is 6.92 Å². The first kappa shape index (κ1) is 25.6. The Bertz CT molecular complexity index is 2520. The zero-order valence-electron chi connectivity index (χ0n) is 24.9. The van der Waals surface area contributed by atoms with Gasteiger partial charge in [0.05, 0.1) is 27.8 Å². The van der Waals surface area contributed by atoms with Gasteiger partial charge in [-0.25, -0.2) is 4.98 Å². The van der Waals surface area contributed by atoms with Crippen LogP contribution in [-0.2, 0) is 0 Å². The minimum atomic E-state index is 0.943. The fourth-order valence-corrected chi connectivity index (χ4v) is 7.05. The van der Waals surface area contributed by atoms with Gasteiger partial charge >= 0.3 is 0 Å². The number of para-hydroxylation sites is 3. The minimum absolute atomic E-state index is 0.943. The highest BCUT2D eigenvalue weighted by molar-refractivity contribution is 6.23. The third kappa shape index (κ3) is 3.87. The molecule has 9 aromatic rings. The summed E-state index contributed by atoms with van der Waals surface area (Å²) in [6.45, 7) is 2.22. The topological polar surface area (TPSA) is 22.8 Å². The second-order valence-electron chi connectivity index (χ2n) is 11.6. The molecule has 0 fully saturated rings. The molecule has 3 heteroatoms. The van der Waals surface area contributed by atoms with Crippen LogP contribution in [0.3, 0.4) is 0 Å². The van der Waals surface area contributed by atoms with Crippen LogP contribution in [0.2, 0.25) is 0 Å². The van der Waals surface area contributed by atoms with E-state index < -0.39 is 0 Å². The zero-order valence-corrected chi connectivity index (χ0v) is 24.9. The molecule has 212 valence electrons. The Labute approximate surface area is 261 Å². The highest BCUT2D eigenvalue weighted by Crippen LogP contribution is 2.43. The molecule has 0 radical (unpaired) electrons. The second-order valence-corrected chi connectivity index (χ2v) is 11.6. The number of benzene rings is 6. The number of rotatable bonds is 4. The van der Waals surface area contributed by atoms with E-state index in [0.29, 0.717) is 0 Å². The molecule has 3 heterocycles. The molecule has 0 unspecified atom stereocenters. The van der Waals surface area contributed by atoms with Crippen molar-refractivity contribution >= 4 is 43.6 Å². The molecule has 0 aliphatic carbocycles. The lowest BCUT2D eigenvalue weighted by Crippen LogP contribution is -2.05. The second kappa shape index (κ2) is 10.1. The van der Waals surface area contributed by atoms with Crippen LogP contribution in [0.1, 0.15) is 5.56 Å². The number of hydrogen-bond acceptors (Lipinski definition) is 1. The maximum Gasteiger partial charge on any atom is 0.141 e. The Morgan fingerprint density at radius 2 is 0.933 bits per heavy atom. The summed E-state index contributed by atoms with van der Waals surface area (Å²) in [6, 6.07) is 56.2. The lowest BCUT2D eigenvalue weighted by molar-refractivity contribution is 1.06.